The summed E-state index contributed by atoms with van der Waals surface area (Å²) in [4.78, 5) is 2.12. The largest absolute Gasteiger partial charge is 0.381 e. The molecular formula is C9H18N4O. The molecule has 0 aromatic carbocycles. The van der Waals surface area contributed by atoms with Crippen LogP contribution in [0.4, 0.5) is 5.82 Å². The maximum Gasteiger partial charge on any atom is 0.167 e. The average Bonchev–Trinajstić information content (AvgIpc) is 2.51. The van der Waals surface area contributed by atoms with Crippen LogP contribution in [0, 0.1) is 0 Å². The molecule has 1 rings (SSSR count). The van der Waals surface area contributed by atoms with E-state index in [9.17, 15) is 0 Å². The van der Waals surface area contributed by atoms with E-state index >= 15 is 0 Å². The van der Waals surface area contributed by atoms with E-state index in [-0.39, 0.29) is 6.04 Å². The second kappa shape index (κ2) is 4.97. The van der Waals surface area contributed by atoms with Gasteiger partial charge in [-0.3, -0.25) is 0 Å². The molecule has 3 N–H and O–H groups in total. The topological polar surface area (TPSA) is 67.3 Å². The molecule has 0 aliphatic heterocycles. The van der Waals surface area contributed by atoms with Crippen LogP contribution >= 0.6 is 0 Å². The van der Waals surface area contributed by atoms with Crippen molar-refractivity contribution in [2.24, 2.45) is 0 Å². The highest BCUT2D eigenvalue weighted by atomic mass is 16.5. The van der Waals surface area contributed by atoms with Crippen LogP contribution in [0.15, 0.2) is 10.6 Å². The fraction of sp³-hybridized carbons (Fsp3) is 0.667. The van der Waals surface area contributed by atoms with Gasteiger partial charge < -0.3 is 20.5 Å². The number of likely N-dealkylation sites (N-methyl/N-ethyl adjacent to an activating group) is 1. The van der Waals surface area contributed by atoms with E-state index in [1.165, 1.54) is 0 Å². The van der Waals surface area contributed by atoms with Crippen molar-refractivity contribution in [1.29, 1.82) is 0 Å². The van der Waals surface area contributed by atoms with Crippen LogP contribution in [-0.4, -0.2) is 37.2 Å². The van der Waals surface area contributed by atoms with Gasteiger partial charge in [0.25, 0.3) is 0 Å². The zero-order chi connectivity index (χ0) is 10.6. The fourth-order valence-electron chi connectivity index (χ4n) is 1.11. The summed E-state index contributed by atoms with van der Waals surface area (Å²) in [6, 6.07) is 1.90. The third-order valence-corrected chi connectivity index (χ3v) is 1.98. The number of nitrogens with two attached hydrogens (primary N) is 1. The van der Waals surface area contributed by atoms with Gasteiger partial charge in [-0.1, -0.05) is 5.16 Å². The van der Waals surface area contributed by atoms with Crippen molar-refractivity contribution in [3.05, 3.63) is 11.8 Å². The lowest BCUT2D eigenvalue weighted by atomic mass is 10.2. The Morgan fingerprint density at radius 3 is 2.86 bits per heavy atom. The summed E-state index contributed by atoms with van der Waals surface area (Å²) < 4.78 is 5.03. The van der Waals surface area contributed by atoms with Gasteiger partial charge in [0.15, 0.2) is 11.6 Å². The highest BCUT2D eigenvalue weighted by molar-refractivity contribution is 5.27. The Bertz CT molecular complexity index is 272. The standard InChI is InChI=1S/C9H18N4O/c1-7(11-4-5-13(2)3)8-6-9(10)12-14-8/h6-7,11H,4-5H2,1-3H3,(H2,10,12). The first kappa shape index (κ1) is 11.0. The number of nitrogens with zero attached hydrogens (tertiary/aromatic N) is 2. The molecule has 0 saturated carbocycles. The lowest BCUT2D eigenvalue weighted by molar-refractivity contribution is 0.334. The highest BCUT2D eigenvalue weighted by Gasteiger charge is 2.09. The van der Waals surface area contributed by atoms with E-state index in [2.05, 4.69) is 15.4 Å². The number of nitrogen functional groups attached to an aromatic ring is 1. The Hall–Kier alpha value is -1.07. The quantitative estimate of drug-likeness (QED) is 0.720. The molecule has 1 atom stereocenters. The van der Waals surface area contributed by atoms with Crippen LogP contribution in [-0.2, 0) is 0 Å². The van der Waals surface area contributed by atoms with Crippen molar-refractivity contribution in [2.75, 3.05) is 32.9 Å². The molecule has 5 nitrogen and oxygen atoms in total. The number of rotatable bonds is 5. The van der Waals surface area contributed by atoms with E-state index in [0.717, 1.165) is 18.8 Å². The van der Waals surface area contributed by atoms with Crippen LogP contribution in [0.5, 0.6) is 0 Å². The van der Waals surface area contributed by atoms with Gasteiger partial charge in [-0.2, -0.15) is 0 Å². The predicted octanol–water partition coefficient (Wildman–Crippen LogP) is 0.469. The fourth-order valence-corrected chi connectivity index (χ4v) is 1.11. The van der Waals surface area contributed by atoms with Gasteiger partial charge >= 0.3 is 0 Å². The van der Waals surface area contributed by atoms with Gasteiger partial charge in [-0.15, -0.1) is 0 Å². The lowest BCUT2D eigenvalue weighted by Crippen LogP contribution is -2.28. The first-order valence-electron chi connectivity index (χ1n) is 4.70. The van der Waals surface area contributed by atoms with Crippen molar-refractivity contribution < 1.29 is 4.52 Å². The minimum absolute atomic E-state index is 0.153. The molecule has 0 fully saturated rings. The number of anilines is 1. The normalized spacial score (nSPS) is 13.4. The Morgan fingerprint density at radius 2 is 2.36 bits per heavy atom. The van der Waals surface area contributed by atoms with Gasteiger partial charge in [-0.05, 0) is 21.0 Å². The average molecular weight is 198 g/mol. The molecule has 0 radical (unpaired) electrons. The molecule has 80 valence electrons. The van der Waals surface area contributed by atoms with Crippen LogP contribution in [0.25, 0.3) is 0 Å². The highest BCUT2D eigenvalue weighted by Crippen LogP contribution is 2.13. The van der Waals surface area contributed by atoms with Gasteiger partial charge in [0.2, 0.25) is 0 Å². The molecule has 5 heteroatoms. The molecule has 1 aromatic rings. The predicted molar refractivity (Wildman–Crippen MR) is 55.9 cm³/mol. The van der Waals surface area contributed by atoms with E-state index in [1.54, 1.807) is 6.07 Å². The molecule has 0 aliphatic rings. The molecule has 0 aliphatic carbocycles. The molecule has 14 heavy (non-hydrogen) atoms. The first-order chi connectivity index (χ1) is 6.59. The first-order valence-corrected chi connectivity index (χ1v) is 4.70. The molecular weight excluding hydrogens is 180 g/mol. The van der Waals surface area contributed by atoms with Gasteiger partial charge in [-0.25, -0.2) is 0 Å². The van der Waals surface area contributed by atoms with E-state index in [4.69, 9.17) is 10.3 Å². The summed E-state index contributed by atoms with van der Waals surface area (Å²) in [5.74, 6) is 1.21. The van der Waals surface area contributed by atoms with Gasteiger partial charge in [0.05, 0.1) is 6.04 Å². The summed E-state index contributed by atoms with van der Waals surface area (Å²) in [6.45, 7) is 3.93. The maximum atomic E-state index is 5.45. The molecule has 0 amide bonds. The molecule has 1 heterocycles. The number of nitrogens with one attached hydrogen (secondary N) is 1. The third-order valence-electron chi connectivity index (χ3n) is 1.98. The van der Waals surface area contributed by atoms with E-state index in [1.807, 2.05) is 21.0 Å². The maximum absolute atomic E-state index is 5.45. The summed E-state index contributed by atoms with van der Waals surface area (Å²) in [7, 11) is 4.08. The van der Waals surface area contributed by atoms with E-state index < -0.39 is 0 Å². The summed E-state index contributed by atoms with van der Waals surface area (Å²) in [5.41, 5.74) is 5.45. The Morgan fingerprint density at radius 1 is 1.64 bits per heavy atom. The second-order valence-corrected chi connectivity index (χ2v) is 3.63. The van der Waals surface area contributed by atoms with Crippen LogP contribution < -0.4 is 11.1 Å². The van der Waals surface area contributed by atoms with Crippen molar-refractivity contribution in [1.82, 2.24) is 15.4 Å². The Balaban J connectivity index is 2.32. The molecule has 1 aromatic heterocycles. The minimum Gasteiger partial charge on any atom is -0.381 e. The van der Waals surface area contributed by atoms with Crippen molar-refractivity contribution in [3.63, 3.8) is 0 Å². The van der Waals surface area contributed by atoms with Crippen molar-refractivity contribution in [2.45, 2.75) is 13.0 Å². The smallest absolute Gasteiger partial charge is 0.167 e. The zero-order valence-electron chi connectivity index (χ0n) is 8.95. The van der Waals surface area contributed by atoms with Crippen molar-refractivity contribution in [3.8, 4) is 0 Å². The third kappa shape index (κ3) is 3.35. The summed E-state index contributed by atoms with van der Waals surface area (Å²) in [5, 5.41) is 6.95. The number of hydrogen-bond donors (Lipinski definition) is 2. The zero-order valence-corrected chi connectivity index (χ0v) is 8.95. The monoisotopic (exact) mass is 198 g/mol. The SMILES string of the molecule is CC(NCCN(C)C)c1cc(N)no1. The molecule has 0 bridgehead atoms. The molecule has 1 unspecified atom stereocenters. The summed E-state index contributed by atoms with van der Waals surface area (Å²) >= 11 is 0. The molecule has 0 spiro atoms. The van der Waals surface area contributed by atoms with Gasteiger partial charge in [0.1, 0.15) is 0 Å². The number of aromatic nitrogens is 1. The minimum atomic E-state index is 0.153. The van der Waals surface area contributed by atoms with Gasteiger partial charge in [0, 0.05) is 19.2 Å². The van der Waals surface area contributed by atoms with Crippen LogP contribution in [0.3, 0.4) is 0 Å². The molecule has 0 saturated heterocycles. The number of hydrogen-bond acceptors (Lipinski definition) is 5. The van der Waals surface area contributed by atoms with Crippen LogP contribution in [0.1, 0.15) is 18.7 Å². The lowest BCUT2D eigenvalue weighted by Gasteiger charge is -2.13. The van der Waals surface area contributed by atoms with Crippen LogP contribution in [0.2, 0.25) is 0 Å². The summed E-state index contributed by atoms with van der Waals surface area (Å²) in [6.07, 6.45) is 0. The Kier molecular flexibility index (Phi) is 3.91. The second-order valence-electron chi connectivity index (χ2n) is 3.63. The van der Waals surface area contributed by atoms with Crippen molar-refractivity contribution >= 4 is 5.82 Å². The Labute approximate surface area is 84.2 Å². The van der Waals surface area contributed by atoms with E-state index in [0.29, 0.717) is 5.82 Å².